The van der Waals surface area contributed by atoms with Gasteiger partial charge in [0, 0.05) is 25.8 Å². The lowest BCUT2D eigenvalue weighted by molar-refractivity contribution is -0.132. The van der Waals surface area contributed by atoms with Crippen molar-refractivity contribution in [2.24, 2.45) is 0 Å². The van der Waals surface area contributed by atoms with Crippen LogP contribution in [0.3, 0.4) is 0 Å². The molecule has 0 aliphatic carbocycles. The fraction of sp³-hybridized carbons (Fsp3) is 0.381. The number of hydrogen-bond donors (Lipinski definition) is 0. The molecule has 1 fully saturated rings. The van der Waals surface area contributed by atoms with Gasteiger partial charge in [-0.15, -0.1) is 0 Å². The van der Waals surface area contributed by atoms with Gasteiger partial charge in [0.25, 0.3) is 0 Å². The molecule has 0 saturated carbocycles. The van der Waals surface area contributed by atoms with E-state index in [4.69, 9.17) is 0 Å². The molecule has 1 amide bonds. The zero-order valence-corrected chi connectivity index (χ0v) is 18.0. The molecule has 2 aromatic rings. The first kappa shape index (κ1) is 21.5. The molecule has 6 nitrogen and oxygen atoms in total. The van der Waals surface area contributed by atoms with Gasteiger partial charge in [-0.3, -0.25) is 4.79 Å². The van der Waals surface area contributed by atoms with Crippen LogP contribution < -0.4 is 0 Å². The SMILES string of the molecule is CS(=O)(=O)c1ccc(CCC(=O)N2CCC(S(=O)(=O)c3ccccc3)CC2)cc1. The molecular weight excluding hydrogens is 410 g/mol. The molecule has 0 N–H and O–H groups in total. The number of carbonyl (C=O) groups excluding carboxylic acids is 1. The highest BCUT2D eigenvalue weighted by Gasteiger charge is 2.32. The Hall–Kier alpha value is -2.19. The van der Waals surface area contributed by atoms with E-state index in [2.05, 4.69) is 0 Å². The molecular formula is C21H25NO5S2. The fourth-order valence-electron chi connectivity index (χ4n) is 3.53. The lowest BCUT2D eigenvalue weighted by Gasteiger charge is -2.32. The minimum absolute atomic E-state index is 0.00671. The first-order chi connectivity index (χ1) is 13.7. The summed E-state index contributed by atoms with van der Waals surface area (Å²) in [5, 5.41) is -0.461. The number of rotatable bonds is 6. The molecule has 0 spiro atoms. The van der Waals surface area contributed by atoms with E-state index >= 15 is 0 Å². The molecule has 0 radical (unpaired) electrons. The molecule has 0 bridgehead atoms. The van der Waals surface area contributed by atoms with Crippen molar-refractivity contribution in [3.05, 3.63) is 60.2 Å². The first-order valence-corrected chi connectivity index (χ1v) is 13.0. The highest BCUT2D eigenvalue weighted by Crippen LogP contribution is 2.25. The Kier molecular flexibility index (Phi) is 6.43. The van der Waals surface area contributed by atoms with Crippen LogP contribution in [-0.2, 0) is 30.9 Å². The van der Waals surface area contributed by atoms with E-state index in [9.17, 15) is 21.6 Å². The van der Waals surface area contributed by atoms with E-state index < -0.39 is 24.9 Å². The van der Waals surface area contributed by atoms with Crippen LogP contribution in [0.1, 0.15) is 24.8 Å². The summed E-state index contributed by atoms with van der Waals surface area (Å²) in [6, 6.07) is 15.0. The molecule has 1 heterocycles. The quantitative estimate of drug-likeness (QED) is 0.696. The van der Waals surface area contributed by atoms with E-state index in [1.54, 1.807) is 59.5 Å². The second-order valence-electron chi connectivity index (χ2n) is 7.35. The summed E-state index contributed by atoms with van der Waals surface area (Å²) in [6.07, 6.45) is 2.87. The highest BCUT2D eigenvalue weighted by atomic mass is 32.2. The van der Waals surface area contributed by atoms with Crippen LogP contribution in [0.2, 0.25) is 0 Å². The van der Waals surface area contributed by atoms with E-state index in [1.807, 2.05) is 0 Å². The topological polar surface area (TPSA) is 88.6 Å². The number of aryl methyl sites for hydroxylation is 1. The minimum Gasteiger partial charge on any atom is -0.343 e. The second-order valence-corrected chi connectivity index (χ2v) is 11.6. The maximum atomic E-state index is 12.7. The number of benzene rings is 2. The third-order valence-corrected chi connectivity index (χ3v) is 8.69. The first-order valence-electron chi connectivity index (χ1n) is 9.53. The highest BCUT2D eigenvalue weighted by molar-refractivity contribution is 7.92. The number of piperidine rings is 1. The lowest BCUT2D eigenvalue weighted by Crippen LogP contribution is -2.42. The van der Waals surface area contributed by atoms with Crippen molar-refractivity contribution in [1.29, 1.82) is 0 Å². The summed E-state index contributed by atoms with van der Waals surface area (Å²) in [4.78, 5) is 14.8. The van der Waals surface area contributed by atoms with Gasteiger partial charge in [0.2, 0.25) is 5.91 Å². The van der Waals surface area contributed by atoms with E-state index in [1.165, 1.54) is 0 Å². The average molecular weight is 436 g/mol. The maximum Gasteiger partial charge on any atom is 0.222 e. The zero-order valence-electron chi connectivity index (χ0n) is 16.3. The van der Waals surface area contributed by atoms with Gasteiger partial charge in [0.05, 0.1) is 15.0 Å². The minimum atomic E-state index is -3.37. The summed E-state index contributed by atoms with van der Waals surface area (Å²) in [5.41, 5.74) is 0.896. The molecule has 2 aromatic carbocycles. The van der Waals surface area contributed by atoms with Crippen molar-refractivity contribution in [3.8, 4) is 0 Å². The van der Waals surface area contributed by atoms with Gasteiger partial charge in [0.15, 0.2) is 19.7 Å². The molecule has 0 aromatic heterocycles. The lowest BCUT2D eigenvalue weighted by atomic mass is 10.1. The van der Waals surface area contributed by atoms with E-state index in [0.717, 1.165) is 11.8 Å². The third-order valence-electron chi connectivity index (χ3n) is 5.28. The van der Waals surface area contributed by atoms with Crippen LogP contribution in [0.15, 0.2) is 64.4 Å². The van der Waals surface area contributed by atoms with Gasteiger partial charge in [-0.1, -0.05) is 30.3 Å². The van der Waals surface area contributed by atoms with Crippen molar-refractivity contribution >= 4 is 25.6 Å². The molecule has 1 aliphatic heterocycles. The monoisotopic (exact) mass is 435 g/mol. The normalized spacial score (nSPS) is 16.0. The number of carbonyl (C=O) groups is 1. The van der Waals surface area contributed by atoms with Gasteiger partial charge >= 0.3 is 0 Å². The number of hydrogen-bond acceptors (Lipinski definition) is 5. The maximum absolute atomic E-state index is 12.7. The van der Waals surface area contributed by atoms with Crippen LogP contribution in [0.25, 0.3) is 0 Å². The molecule has 156 valence electrons. The summed E-state index contributed by atoms with van der Waals surface area (Å²) in [5.74, 6) is -0.00671. The molecule has 29 heavy (non-hydrogen) atoms. The van der Waals surface area contributed by atoms with Gasteiger partial charge in [-0.05, 0) is 49.1 Å². The Labute approximate surface area is 172 Å². The Morgan fingerprint density at radius 3 is 2.03 bits per heavy atom. The molecule has 3 rings (SSSR count). The Morgan fingerprint density at radius 1 is 0.897 bits per heavy atom. The van der Waals surface area contributed by atoms with Crippen LogP contribution in [0.5, 0.6) is 0 Å². The average Bonchev–Trinajstić information content (AvgIpc) is 2.72. The van der Waals surface area contributed by atoms with Gasteiger partial charge < -0.3 is 4.90 Å². The standard InChI is InChI=1S/C21H25NO5S2/c1-28(24,25)18-10-7-17(8-11-18)9-12-21(23)22-15-13-20(14-16-22)29(26,27)19-5-3-2-4-6-19/h2-8,10-11,20H,9,12-16H2,1H3. The van der Waals surface area contributed by atoms with Crippen molar-refractivity contribution in [2.75, 3.05) is 19.3 Å². The van der Waals surface area contributed by atoms with Crippen molar-refractivity contribution in [3.63, 3.8) is 0 Å². The molecule has 0 unspecified atom stereocenters. The van der Waals surface area contributed by atoms with Gasteiger partial charge in [0.1, 0.15) is 0 Å². The van der Waals surface area contributed by atoms with Crippen molar-refractivity contribution < 1.29 is 21.6 Å². The van der Waals surface area contributed by atoms with E-state index in [0.29, 0.717) is 43.7 Å². The van der Waals surface area contributed by atoms with Crippen LogP contribution in [0.4, 0.5) is 0 Å². The molecule has 0 atom stereocenters. The summed E-state index contributed by atoms with van der Waals surface area (Å²) in [7, 11) is -6.60. The Morgan fingerprint density at radius 2 is 1.48 bits per heavy atom. The fourth-order valence-corrected chi connectivity index (χ4v) is 5.91. The number of amides is 1. The second kappa shape index (κ2) is 8.67. The predicted octanol–water partition coefficient (Wildman–Crippen LogP) is 2.49. The molecule has 1 aliphatic rings. The smallest absolute Gasteiger partial charge is 0.222 e. The number of sulfone groups is 2. The van der Waals surface area contributed by atoms with Crippen molar-refractivity contribution in [1.82, 2.24) is 4.90 Å². The van der Waals surface area contributed by atoms with E-state index in [-0.39, 0.29) is 10.8 Å². The molecule has 1 saturated heterocycles. The van der Waals surface area contributed by atoms with Gasteiger partial charge in [-0.25, -0.2) is 16.8 Å². The molecule has 8 heteroatoms. The van der Waals surface area contributed by atoms with Crippen LogP contribution >= 0.6 is 0 Å². The Balaban J connectivity index is 1.53. The predicted molar refractivity (Wildman–Crippen MR) is 111 cm³/mol. The number of likely N-dealkylation sites (tertiary alicyclic amines) is 1. The van der Waals surface area contributed by atoms with Crippen LogP contribution in [-0.4, -0.2) is 52.2 Å². The summed E-state index contributed by atoms with van der Waals surface area (Å²) in [6.45, 7) is 0.866. The van der Waals surface area contributed by atoms with Crippen LogP contribution in [0, 0.1) is 0 Å². The summed E-state index contributed by atoms with van der Waals surface area (Å²) < 4.78 is 48.5. The van der Waals surface area contributed by atoms with Crippen molar-refractivity contribution in [2.45, 2.75) is 40.7 Å². The largest absolute Gasteiger partial charge is 0.343 e. The Bertz CT molecular complexity index is 1050. The zero-order chi connectivity index (χ0) is 21.1. The van der Waals surface area contributed by atoms with Gasteiger partial charge in [-0.2, -0.15) is 0 Å². The summed E-state index contributed by atoms with van der Waals surface area (Å²) >= 11 is 0. The third kappa shape index (κ3) is 5.25. The number of nitrogens with zero attached hydrogens (tertiary/aromatic N) is 1.